The first-order chi connectivity index (χ1) is 13.3. The molecular formula is C22H28N2O3. The summed E-state index contributed by atoms with van der Waals surface area (Å²) in [6, 6.07) is 10.5. The zero-order valence-corrected chi connectivity index (χ0v) is 15.8. The van der Waals surface area contributed by atoms with Crippen molar-refractivity contribution in [3.05, 3.63) is 42.1 Å². The second kappa shape index (κ2) is 8.81. The van der Waals surface area contributed by atoms with Crippen LogP contribution in [-0.2, 0) is 20.7 Å². The van der Waals surface area contributed by atoms with E-state index in [9.17, 15) is 4.79 Å². The van der Waals surface area contributed by atoms with Gasteiger partial charge in [-0.15, -0.1) is 0 Å². The average Bonchev–Trinajstić information content (AvgIpc) is 2.94. The fourth-order valence-electron chi connectivity index (χ4n) is 4.14. The Labute approximate surface area is 160 Å². The summed E-state index contributed by atoms with van der Waals surface area (Å²) >= 11 is 0. The van der Waals surface area contributed by atoms with Crippen molar-refractivity contribution in [2.75, 3.05) is 39.5 Å². The molecule has 1 aromatic carbocycles. The van der Waals surface area contributed by atoms with E-state index in [2.05, 4.69) is 29.2 Å². The van der Waals surface area contributed by atoms with E-state index >= 15 is 0 Å². The van der Waals surface area contributed by atoms with Gasteiger partial charge in [-0.2, -0.15) is 0 Å². The third-order valence-electron chi connectivity index (χ3n) is 5.69. The van der Waals surface area contributed by atoms with E-state index in [0.717, 1.165) is 49.9 Å². The number of ether oxygens (including phenoxy) is 2. The van der Waals surface area contributed by atoms with E-state index in [-0.39, 0.29) is 5.91 Å². The summed E-state index contributed by atoms with van der Waals surface area (Å²) in [5.41, 5.74) is 2.30. The Bertz CT molecular complexity index is 773. The first-order valence-electron chi connectivity index (χ1n) is 10.0. The minimum atomic E-state index is 0.278. The SMILES string of the molecule is O=C(CC1CCOCC1)N1CCOC[C@H](Cc2ccc3ncccc3c2)C1. The number of carbonyl (C=O) groups is 1. The van der Waals surface area contributed by atoms with Gasteiger partial charge in [0.05, 0.1) is 18.7 Å². The molecular weight excluding hydrogens is 340 g/mol. The van der Waals surface area contributed by atoms with Gasteiger partial charge in [0.2, 0.25) is 5.91 Å². The molecule has 2 aliphatic heterocycles. The first-order valence-corrected chi connectivity index (χ1v) is 10.0. The van der Waals surface area contributed by atoms with Gasteiger partial charge in [0.15, 0.2) is 0 Å². The van der Waals surface area contributed by atoms with Gasteiger partial charge >= 0.3 is 0 Å². The number of nitrogens with zero attached hydrogens (tertiary/aromatic N) is 2. The molecule has 2 aliphatic rings. The van der Waals surface area contributed by atoms with Crippen molar-refractivity contribution in [2.45, 2.75) is 25.7 Å². The fraction of sp³-hybridized carbons (Fsp3) is 0.545. The van der Waals surface area contributed by atoms with E-state index in [1.165, 1.54) is 5.56 Å². The minimum Gasteiger partial charge on any atom is -0.381 e. The molecule has 1 aromatic heterocycles. The highest BCUT2D eigenvalue weighted by Crippen LogP contribution is 2.22. The van der Waals surface area contributed by atoms with Crippen LogP contribution in [0, 0.1) is 11.8 Å². The van der Waals surface area contributed by atoms with Crippen molar-refractivity contribution in [3.63, 3.8) is 0 Å². The lowest BCUT2D eigenvalue weighted by Crippen LogP contribution is -2.37. The molecule has 0 spiro atoms. The molecule has 1 amide bonds. The lowest BCUT2D eigenvalue weighted by atomic mass is 9.95. The number of rotatable bonds is 4. The molecule has 0 aliphatic carbocycles. The molecule has 0 saturated carbocycles. The fourth-order valence-corrected chi connectivity index (χ4v) is 4.14. The Balaban J connectivity index is 1.39. The van der Waals surface area contributed by atoms with Gasteiger partial charge in [-0.1, -0.05) is 12.1 Å². The van der Waals surface area contributed by atoms with Crippen LogP contribution in [0.5, 0.6) is 0 Å². The van der Waals surface area contributed by atoms with Gasteiger partial charge in [0.1, 0.15) is 0 Å². The predicted molar refractivity (Wildman–Crippen MR) is 104 cm³/mol. The monoisotopic (exact) mass is 368 g/mol. The van der Waals surface area contributed by atoms with Gasteiger partial charge in [0.25, 0.3) is 0 Å². The van der Waals surface area contributed by atoms with Crippen molar-refractivity contribution in [1.82, 2.24) is 9.88 Å². The van der Waals surface area contributed by atoms with Gasteiger partial charge in [-0.3, -0.25) is 9.78 Å². The van der Waals surface area contributed by atoms with Crippen molar-refractivity contribution in [3.8, 4) is 0 Å². The molecule has 5 heteroatoms. The van der Waals surface area contributed by atoms with Crippen LogP contribution in [0.1, 0.15) is 24.8 Å². The number of benzene rings is 1. The van der Waals surface area contributed by atoms with Crippen LogP contribution in [0.15, 0.2) is 36.5 Å². The van der Waals surface area contributed by atoms with Crippen molar-refractivity contribution >= 4 is 16.8 Å². The number of amides is 1. The summed E-state index contributed by atoms with van der Waals surface area (Å²) in [6.45, 7) is 4.43. The maximum atomic E-state index is 12.8. The number of hydrogen-bond acceptors (Lipinski definition) is 4. The van der Waals surface area contributed by atoms with Crippen LogP contribution in [0.4, 0.5) is 0 Å². The Morgan fingerprint density at radius 2 is 2.00 bits per heavy atom. The lowest BCUT2D eigenvalue weighted by molar-refractivity contribution is -0.133. The minimum absolute atomic E-state index is 0.278. The quantitative estimate of drug-likeness (QED) is 0.832. The van der Waals surface area contributed by atoms with E-state index < -0.39 is 0 Å². The average molecular weight is 368 g/mol. The van der Waals surface area contributed by atoms with Crippen LogP contribution in [0.25, 0.3) is 10.9 Å². The Kier molecular flexibility index (Phi) is 6.00. The molecule has 2 saturated heterocycles. The topological polar surface area (TPSA) is 51.7 Å². The lowest BCUT2D eigenvalue weighted by Gasteiger charge is -2.27. The molecule has 3 heterocycles. The summed E-state index contributed by atoms with van der Waals surface area (Å²) in [5.74, 6) is 1.09. The Hall–Kier alpha value is -1.98. The van der Waals surface area contributed by atoms with Gasteiger partial charge in [-0.05, 0) is 48.9 Å². The molecule has 27 heavy (non-hydrogen) atoms. The normalized spacial score (nSPS) is 21.9. The molecule has 1 atom stereocenters. The summed E-state index contributed by atoms with van der Waals surface area (Å²) in [5, 5.41) is 1.16. The van der Waals surface area contributed by atoms with Crippen molar-refractivity contribution < 1.29 is 14.3 Å². The summed E-state index contributed by atoms with van der Waals surface area (Å²) in [4.78, 5) is 19.2. The highest BCUT2D eigenvalue weighted by Gasteiger charge is 2.25. The number of carbonyl (C=O) groups excluding carboxylic acids is 1. The van der Waals surface area contributed by atoms with Crippen LogP contribution in [0.2, 0.25) is 0 Å². The van der Waals surface area contributed by atoms with Crippen LogP contribution >= 0.6 is 0 Å². The number of aromatic nitrogens is 1. The second-order valence-corrected chi connectivity index (χ2v) is 7.78. The smallest absolute Gasteiger partial charge is 0.222 e. The van der Waals surface area contributed by atoms with E-state index in [0.29, 0.717) is 38.0 Å². The van der Waals surface area contributed by atoms with E-state index in [1.807, 2.05) is 17.2 Å². The largest absolute Gasteiger partial charge is 0.381 e. The Morgan fingerprint density at radius 3 is 2.89 bits per heavy atom. The van der Waals surface area contributed by atoms with E-state index in [4.69, 9.17) is 9.47 Å². The third-order valence-corrected chi connectivity index (χ3v) is 5.69. The molecule has 144 valence electrons. The molecule has 0 N–H and O–H groups in total. The van der Waals surface area contributed by atoms with E-state index in [1.54, 1.807) is 0 Å². The molecule has 5 nitrogen and oxygen atoms in total. The predicted octanol–water partition coefficient (Wildman–Crippen LogP) is 3.07. The maximum absolute atomic E-state index is 12.8. The zero-order chi connectivity index (χ0) is 18.5. The molecule has 0 radical (unpaired) electrons. The molecule has 0 bridgehead atoms. The number of fused-ring (bicyclic) bond motifs is 1. The highest BCUT2D eigenvalue weighted by molar-refractivity contribution is 5.79. The van der Waals surface area contributed by atoms with Crippen LogP contribution in [0.3, 0.4) is 0 Å². The van der Waals surface area contributed by atoms with Gasteiger partial charge in [-0.25, -0.2) is 0 Å². The van der Waals surface area contributed by atoms with Crippen molar-refractivity contribution in [1.29, 1.82) is 0 Å². The summed E-state index contributed by atoms with van der Waals surface area (Å²) in [6.07, 6.45) is 5.40. The number of hydrogen-bond donors (Lipinski definition) is 0. The first kappa shape index (κ1) is 18.4. The van der Waals surface area contributed by atoms with Gasteiger partial charge < -0.3 is 14.4 Å². The molecule has 2 aromatic rings. The second-order valence-electron chi connectivity index (χ2n) is 7.78. The Morgan fingerprint density at radius 1 is 1.11 bits per heavy atom. The summed E-state index contributed by atoms with van der Waals surface area (Å²) in [7, 11) is 0. The standard InChI is InChI=1S/C22H28N2O3/c25-22(14-17-5-9-26-10-6-17)24-8-11-27-16-19(15-24)12-18-3-4-21-20(13-18)2-1-7-23-21/h1-4,7,13,17,19H,5-6,8-12,14-16H2/t19-/m1/s1. The van der Waals surface area contributed by atoms with Crippen molar-refractivity contribution in [2.24, 2.45) is 11.8 Å². The van der Waals surface area contributed by atoms with Crippen LogP contribution in [-0.4, -0.2) is 55.3 Å². The summed E-state index contributed by atoms with van der Waals surface area (Å²) < 4.78 is 11.2. The van der Waals surface area contributed by atoms with Gasteiger partial charge in [0, 0.05) is 50.2 Å². The third kappa shape index (κ3) is 4.85. The zero-order valence-electron chi connectivity index (χ0n) is 15.8. The molecule has 2 fully saturated rings. The molecule has 4 rings (SSSR count). The molecule has 0 unspecified atom stereocenters. The maximum Gasteiger partial charge on any atom is 0.222 e. The highest BCUT2D eigenvalue weighted by atomic mass is 16.5. The van der Waals surface area contributed by atoms with Crippen LogP contribution < -0.4 is 0 Å². The number of pyridine rings is 1.